The number of aromatic hydroxyl groups is 1. The van der Waals surface area contributed by atoms with E-state index < -0.39 is 0 Å². The number of allylic oxidation sites excluding steroid dienone is 1. The summed E-state index contributed by atoms with van der Waals surface area (Å²) in [5.74, 6) is -0.104. The van der Waals surface area contributed by atoms with Gasteiger partial charge in [-0.15, -0.1) is 0 Å². The van der Waals surface area contributed by atoms with Crippen LogP contribution in [0.3, 0.4) is 0 Å². The van der Waals surface area contributed by atoms with Crippen molar-refractivity contribution < 1.29 is 9.90 Å². The monoisotopic (exact) mass is 273 g/mol. The summed E-state index contributed by atoms with van der Waals surface area (Å²) in [5.41, 5.74) is 7.37. The minimum absolute atomic E-state index is 0.107. The highest BCUT2D eigenvalue weighted by Gasteiger charge is 2.09. The van der Waals surface area contributed by atoms with Crippen LogP contribution in [0.1, 0.15) is 15.9 Å². The molecule has 0 aliphatic rings. The molecular formula is C15H12ClNO2. The molecule has 0 unspecified atom stereocenters. The van der Waals surface area contributed by atoms with Crippen molar-refractivity contribution in [1.82, 2.24) is 0 Å². The Kier molecular flexibility index (Phi) is 3.88. The zero-order valence-electron chi connectivity index (χ0n) is 10.0. The Morgan fingerprint density at radius 3 is 2.21 bits per heavy atom. The van der Waals surface area contributed by atoms with Gasteiger partial charge in [-0.1, -0.05) is 23.7 Å². The number of phenolic OH excluding ortho intramolecular Hbond substituents is 1. The van der Waals surface area contributed by atoms with Gasteiger partial charge in [0.25, 0.3) is 0 Å². The molecule has 0 saturated heterocycles. The van der Waals surface area contributed by atoms with Crippen molar-refractivity contribution in [1.29, 1.82) is 0 Å². The minimum Gasteiger partial charge on any atom is -0.508 e. The third kappa shape index (κ3) is 3.36. The smallest absolute Gasteiger partial charge is 0.204 e. The second-order valence-corrected chi connectivity index (χ2v) is 4.44. The summed E-state index contributed by atoms with van der Waals surface area (Å²) in [6, 6.07) is 13.0. The Morgan fingerprint density at radius 2 is 1.63 bits per heavy atom. The number of ketones is 1. The number of hydrogen-bond acceptors (Lipinski definition) is 3. The van der Waals surface area contributed by atoms with Crippen LogP contribution in [0.4, 0.5) is 5.69 Å². The van der Waals surface area contributed by atoms with Gasteiger partial charge in [-0.2, -0.15) is 0 Å². The number of carbonyl (C=O) groups excluding carboxylic acids is 1. The zero-order chi connectivity index (χ0) is 13.8. The van der Waals surface area contributed by atoms with Crippen LogP contribution >= 0.6 is 11.6 Å². The van der Waals surface area contributed by atoms with Crippen molar-refractivity contribution in [2.45, 2.75) is 0 Å². The molecule has 0 amide bonds. The van der Waals surface area contributed by atoms with Gasteiger partial charge in [0.05, 0.1) is 5.03 Å². The van der Waals surface area contributed by atoms with E-state index in [4.69, 9.17) is 17.3 Å². The molecule has 3 N–H and O–H groups in total. The first-order valence-electron chi connectivity index (χ1n) is 5.63. The summed E-state index contributed by atoms with van der Waals surface area (Å²) in [5, 5.41) is 9.28. The predicted octanol–water partition coefficient (Wildman–Crippen LogP) is 3.44. The van der Waals surface area contributed by atoms with E-state index in [1.807, 2.05) is 0 Å². The second-order valence-electron chi connectivity index (χ2n) is 4.03. The van der Waals surface area contributed by atoms with E-state index in [1.54, 1.807) is 42.5 Å². The quantitative estimate of drug-likeness (QED) is 0.511. The Balaban J connectivity index is 2.23. The maximum Gasteiger partial charge on any atom is 0.204 e. The normalized spacial score (nSPS) is 11.3. The van der Waals surface area contributed by atoms with Crippen molar-refractivity contribution in [2.75, 3.05) is 5.73 Å². The van der Waals surface area contributed by atoms with Crippen LogP contribution in [0.5, 0.6) is 5.75 Å². The fraction of sp³-hybridized carbons (Fsp3) is 0. The van der Waals surface area contributed by atoms with Crippen LogP contribution in [0.25, 0.3) is 6.08 Å². The number of nitrogens with two attached hydrogens (primary N) is 1. The van der Waals surface area contributed by atoms with Crippen LogP contribution < -0.4 is 5.73 Å². The molecule has 0 bridgehead atoms. The van der Waals surface area contributed by atoms with Crippen molar-refractivity contribution in [2.24, 2.45) is 0 Å². The summed E-state index contributed by atoms with van der Waals surface area (Å²) in [7, 11) is 0. The van der Waals surface area contributed by atoms with Gasteiger partial charge < -0.3 is 10.8 Å². The average Bonchev–Trinajstić information content (AvgIpc) is 2.41. The minimum atomic E-state index is -0.269. The van der Waals surface area contributed by atoms with Gasteiger partial charge in [0.2, 0.25) is 5.78 Å². The van der Waals surface area contributed by atoms with Crippen LogP contribution in [0.15, 0.2) is 53.6 Å². The van der Waals surface area contributed by atoms with E-state index in [9.17, 15) is 9.90 Å². The maximum absolute atomic E-state index is 12.0. The molecule has 0 heterocycles. The molecule has 2 aromatic carbocycles. The largest absolute Gasteiger partial charge is 0.508 e. The molecule has 0 aromatic heterocycles. The summed E-state index contributed by atoms with van der Waals surface area (Å²) in [6.07, 6.45) is 1.56. The van der Waals surface area contributed by atoms with Crippen LogP contribution in [0, 0.1) is 0 Å². The number of phenols is 1. The molecule has 0 radical (unpaired) electrons. The van der Waals surface area contributed by atoms with E-state index in [0.717, 1.165) is 5.56 Å². The highest BCUT2D eigenvalue weighted by molar-refractivity contribution is 6.47. The van der Waals surface area contributed by atoms with Gasteiger partial charge in [-0.05, 0) is 48.0 Å². The fourth-order valence-electron chi connectivity index (χ4n) is 1.55. The molecule has 0 atom stereocenters. The number of nitrogen functional groups attached to an aromatic ring is 1. The van der Waals surface area contributed by atoms with Gasteiger partial charge in [-0.25, -0.2) is 0 Å². The lowest BCUT2D eigenvalue weighted by Crippen LogP contribution is -1.99. The molecule has 0 spiro atoms. The Morgan fingerprint density at radius 1 is 1.05 bits per heavy atom. The molecule has 3 nitrogen and oxygen atoms in total. The van der Waals surface area contributed by atoms with Crippen LogP contribution in [-0.4, -0.2) is 10.9 Å². The summed E-state index contributed by atoms with van der Waals surface area (Å²) in [6.45, 7) is 0. The second kappa shape index (κ2) is 5.59. The van der Waals surface area contributed by atoms with Crippen molar-refractivity contribution in [3.05, 3.63) is 64.7 Å². The highest BCUT2D eigenvalue weighted by atomic mass is 35.5. The standard InChI is InChI=1S/C15H12ClNO2/c16-14(9-10-1-7-13(18)8-2-10)15(19)11-3-5-12(17)6-4-11/h1-9,18H,17H2/b14-9-. The van der Waals surface area contributed by atoms with Crippen LogP contribution in [0.2, 0.25) is 0 Å². The van der Waals surface area contributed by atoms with Gasteiger partial charge in [0.1, 0.15) is 5.75 Å². The number of Topliss-reactive ketones (excluding diaryl/α,β-unsaturated/α-hetero) is 1. The van der Waals surface area contributed by atoms with Crippen molar-refractivity contribution in [3.63, 3.8) is 0 Å². The lowest BCUT2D eigenvalue weighted by Gasteiger charge is -2.01. The SMILES string of the molecule is Nc1ccc(C(=O)/C(Cl)=C/c2ccc(O)cc2)cc1. The Hall–Kier alpha value is -2.26. The molecule has 96 valence electrons. The van der Waals surface area contributed by atoms with Gasteiger partial charge in [0, 0.05) is 11.3 Å². The lowest BCUT2D eigenvalue weighted by atomic mass is 10.1. The van der Waals surface area contributed by atoms with Crippen molar-refractivity contribution in [3.8, 4) is 5.75 Å². The molecule has 0 aliphatic carbocycles. The average molecular weight is 274 g/mol. The number of rotatable bonds is 3. The Bertz CT molecular complexity index is 616. The Labute approximate surface area is 115 Å². The van der Waals surface area contributed by atoms with Gasteiger partial charge in [-0.3, -0.25) is 4.79 Å². The molecule has 19 heavy (non-hydrogen) atoms. The maximum atomic E-state index is 12.0. The molecule has 0 saturated carbocycles. The molecule has 4 heteroatoms. The third-order valence-electron chi connectivity index (χ3n) is 2.58. The summed E-state index contributed by atoms with van der Waals surface area (Å²) in [4.78, 5) is 12.0. The van der Waals surface area contributed by atoms with Crippen LogP contribution in [-0.2, 0) is 0 Å². The molecule has 2 rings (SSSR count). The molecular weight excluding hydrogens is 262 g/mol. The molecule has 0 fully saturated rings. The van der Waals surface area contributed by atoms with Gasteiger partial charge >= 0.3 is 0 Å². The topological polar surface area (TPSA) is 63.3 Å². The number of halogens is 1. The van der Waals surface area contributed by atoms with E-state index >= 15 is 0 Å². The van der Waals surface area contributed by atoms with E-state index in [-0.39, 0.29) is 16.6 Å². The predicted molar refractivity (Wildman–Crippen MR) is 77.1 cm³/mol. The lowest BCUT2D eigenvalue weighted by molar-refractivity contribution is 0.104. The molecule has 0 aliphatic heterocycles. The first kappa shape index (κ1) is 13.2. The summed E-state index contributed by atoms with van der Waals surface area (Å²) < 4.78 is 0. The van der Waals surface area contributed by atoms with E-state index in [0.29, 0.717) is 11.3 Å². The number of carbonyl (C=O) groups is 1. The van der Waals surface area contributed by atoms with Gasteiger partial charge in [0.15, 0.2) is 0 Å². The third-order valence-corrected chi connectivity index (χ3v) is 2.86. The highest BCUT2D eigenvalue weighted by Crippen LogP contribution is 2.18. The number of hydrogen-bond donors (Lipinski definition) is 2. The fourth-order valence-corrected chi connectivity index (χ4v) is 1.79. The number of benzene rings is 2. The first-order valence-corrected chi connectivity index (χ1v) is 6.00. The molecule has 2 aromatic rings. The zero-order valence-corrected chi connectivity index (χ0v) is 10.8. The van der Waals surface area contributed by atoms with E-state index in [2.05, 4.69) is 0 Å². The summed E-state index contributed by atoms with van der Waals surface area (Å²) >= 11 is 6.00. The van der Waals surface area contributed by atoms with E-state index in [1.165, 1.54) is 12.1 Å². The van der Waals surface area contributed by atoms with Crippen molar-refractivity contribution >= 4 is 29.1 Å². The first-order chi connectivity index (χ1) is 9.06. The number of anilines is 1.